The molecule has 1 saturated heterocycles. The SMILES string of the molecule is Cc1cccc(-c2sc(C)nc2C(=O)N2CC(F)(F)CC(C)C2CNc2ccc(C(F)(F)F)cn2)c1. The molecule has 3 heterocycles. The van der Waals surface area contributed by atoms with E-state index in [2.05, 4.69) is 15.3 Å². The van der Waals surface area contributed by atoms with Crippen LogP contribution in [0.5, 0.6) is 0 Å². The van der Waals surface area contributed by atoms with Crippen molar-refractivity contribution >= 4 is 23.1 Å². The molecule has 3 aromatic rings. The minimum atomic E-state index is -4.51. The number of halogens is 5. The monoisotopic (exact) mass is 524 g/mol. The number of nitrogens with one attached hydrogen (secondary N) is 1. The molecule has 1 aliphatic heterocycles. The van der Waals surface area contributed by atoms with Crippen molar-refractivity contribution < 1.29 is 26.7 Å². The maximum Gasteiger partial charge on any atom is 0.417 e. The second-order valence-corrected chi connectivity index (χ2v) is 10.3. The highest BCUT2D eigenvalue weighted by atomic mass is 32.1. The van der Waals surface area contributed by atoms with E-state index in [0.29, 0.717) is 16.1 Å². The van der Waals surface area contributed by atoms with Crippen LogP contribution in [0.2, 0.25) is 0 Å². The molecule has 1 N–H and O–H groups in total. The summed E-state index contributed by atoms with van der Waals surface area (Å²) in [4.78, 5) is 23.6. The average Bonchev–Trinajstić information content (AvgIpc) is 3.18. The summed E-state index contributed by atoms with van der Waals surface area (Å²) in [6, 6.07) is 8.96. The van der Waals surface area contributed by atoms with Gasteiger partial charge in [0.15, 0.2) is 0 Å². The van der Waals surface area contributed by atoms with Crippen molar-refractivity contribution in [3.8, 4) is 10.4 Å². The fourth-order valence-electron chi connectivity index (χ4n) is 4.44. The summed E-state index contributed by atoms with van der Waals surface area (Å²) >= 11 is 1.32. The molecule has 1 fully saturated rings. The molecule has 0 bridgehead atoms. The second-order valence-electron chi connectivity index (χ2n) is 9.13. The molecule has 1 aromatic carbocycles. The van der Waals surface area contributed by atoms with Crippen LogP contribution >= 0.6 is 11.3 Å². The quantitative estimate of drug-likeness (QED) is 0.391. The fourth-order valence-corrected chi connectivity index (χ4v) is 5.35. The van der Waals surface area contributed by atoms with E-state index < -0.39 is 48.5 Å². The number of hydrogen-bond acceptors (Lipinski definition) is 5. The number of rotatable bonds is 5. The first-order chi connectivity index (χ1) is 16.8. The number of benzene rings is 1. The Hall–Kier alpha value is -3.08. The molecule has 1 aliphatic rings. The number of aromatic nitrogens is 2. The number of carbonyl (C=O) groups excluding carboxylic acids is 1. The molecule has 1 amide bonds. The van der Waals surface area contributed by atoms with E-state index in [1.54, 1.807) is 13.8 Å². The third-order valence-electron chi connectivity index (χ3n) is 6.14. The van der Waals surface area contributed by atoms with Crippen LogP contribution in [0.3, 0.4) is 0 Å². The number of aryl methyl sites for hydroxylation is 2. The Morgan fingerprint density at radius 1 is 1.22 bits per heavy atom. The molecule has 2 unspecified atom stereocenters. The van der Waals surface area contributed by atoms with Gasteiger partial charge in [0.2, 0.25) is 0 Å². The van der Waals surface area contributed by atoms with Crippen molar-refractivity contribution in [3.63, 3.8) is 0 Å². The van der Waals surface area contributed by atoms with Crippen LogP contribution in [0.1, 0.15) is 40.0 Å². The van der Waals surface area contributed by atoms with E-state index in [9.17, 15) is 26.7 Å². The predicted octanol–water partition coefficient (Wildman–Crippen LogP) is 6.44. The van der Waals surface area contributed by atoms with Crippen LogP contribution in [0.25, 0.3) is 10.4 Å². The molecular formula is C25H25F5N4OS. The van der Waals surface area contributed by atoms with Gasteiger partial charge in [0.1, 0.15) is 11.5 Å². The van der Waals surface area contributed by atoms with E-state index >= 15 is 0 Å². The first kappa shape index (κ1) is 26.0. The highest BCUT2D eigenvalue weighted by Crippen LogP contribution is 2.38. The highest BCUT2D eigenvalue weighted by Gasteiger charge is 2.46. The summed E-state index contributed by atoms with van der Waals surface area (Å²) in [7, 11) is 0. The molecule has 192 valence electrons. The van der Waals surface area contributed by atoms with Crippen LogP contribution in [-0.4, -0.2) is 45.8 Å². The number of amides is 1. The van der Waals surface area contributed by atoms with E-state index in [0.717, 1.165) is 22.1 Å². The molecule has 11 heteroatoms. The number of anilines is 1. The Morgan fingerprint density at radius 3 is 2.61 bits per heavy atom. The lowest BCUT2D eigenvalue weighted by atomic mass is 9.88. The molecule has 0 saturated carbocycles. The third kappa shape index (κ3) is 5.66. The van der Waals surface area contributed by atoms with Gasteiger partial charge in [-0.25, -0.2) is 18.7 Å². The molecule has 5 nitrogen and oxygen atoms in total. The number of pyridine rings is 1. The lowest BCUT2D eigenvalue weighted by Gasteiger charge is -2.43. The smallest absolute Gasteiger partial charge is 0.368 e. The number of thiazole rings is 1. The summed E-state index contributed by atoms with van der Waals surface area (Å²) in [5.41, 5.74) is 0.995. The summed E-state index contributed by atoms with van der Waals surface area (Å²) in [5.74, 6) is -4.10. The number of piperidine rings is 1. The lowest BCUT2D eigenvalue weighted by molar-refractivity contribution is -0.137. The van der Waals surface area contributed by atoms with Crippen LogP contribution in [0, 0.1) is 19.8 Å². The van der Waals surface area contributed by atoms with Crippen molar-refractivity contribution in [3.05, 3.63) is 64.4 Å². The average molecular weight is 525 g/mol. The Morgan fingerprint density at radius 2 is 1.97 bits per heavy atom. The maximum absolute atomic E-state index is 14.6. The zero-order valence-corrected chi connectivity index (χ0v) is 20.7. The topological polar surface area (TPSA) is 58.1 Å². The van der Waals surface area contributed by atoms with Crippen LogP contribution in [0.4, 0.5) is 27.8 Å². The first-order valence-electron chi connectivity index (χ1n) is 11.3. The van der Waals surface area contributed by atoms with Gasteiger partial charge in [0, 0.05) is 19.2 Å². The van der Waals surface area contributed by atoms with Gasteiger partial charge in [0.25, 0.3) is 11.8 Å². The van der Waals surface area contributed by atoms with Crippen LogP contribution < -0.4 is 5.32 Å². The largest absolute Gasteiger partial charge is 0.417 e. The first-order valence-corrected chi connectivity index (χ1v) is 12.2. The Labute approximate surface area is 209 Å². The van der Waals surface area contributed by atoms with Crippen LogP contribution in [0.15, 0.2) is 42.6 Å². The number of hydrogen-bond donors (Lipinski definition) is 1. The fraction of sp³-hybridized carbons (Fsp3) is 0.400. The lowest BCUT2D eigenvalue weighted by Crippen LogP contribution is -2.57. The number of carbonyl (C=O) groups is 1. The Kier molecular flexibility index (Phi) is 7.05. The van der Waals surface area contributed by atoms with Gasteiger partial charge in [-0.3, -0.25) is 4.79 Å². The molecule has 0 aliphatic carbocycles. The summed E-state index contributed by atoms with van der Waals surface area (Å²) in [5, 5.41) is 3.55. The normalized spacial score (nSPS) is 19.8. The minimum absolute atomic E-state index is 0.0459. The number of likely N-dealkylation sites (tertiary alicyclic amines) is 1. The van der Waals surface area contributed by atoms with Gasteiger partial charge in [-0.2, -0.15) is 13.2 Å². The van der Waals surface area contributed by atoms with Crippen molar-refractivity contribution in [1.29, 1.82) is 0 Å². The molecular weight excluding hydrogens is 499 g/mol. The summed E-state index contributed by atoms with van der Waals surface area (Å²) in [6.45, 7) is 4.58. The molecule has 36 heavy (non-hydrogen) atoms. The van der Waals surface area contributed by atoms with Crippen molar-refractivity contribution in [2.75, 3.05) is 18.4 Å². The van der Waals surface area contributed by atoms with Gasteiger partial charge in [-0.05, 0) is 37.5 Å². The Bertz CT molecular complexity index is 1240. The minimum Gasteiger partial charge on any atom is -0.368 e. The van der Waals surface area contributed by atoms with E-state index in [1.165, 1.54) is 17.4 Å². The highest BCUT2D eigenvalue weighted by molar-refractivity contribution is 7.15. The Balaban J connectivity index is 1.61. The summed E-state index contributed by atoms with van der Waals surface area (Å²) < 4.78 is 67.7. The molecule has 4 rings (SSSR count). The van der Waals surface area contributed by atoms with Gasteiger partial charge in [-0.15, -0.1) is 11.3 Å². The van der Waals surface area contributed by atoms with Crippen molar-refractivity contribution in [2.45, 2.75) is 45.3 Å². The van der Waals surface area contributed by atoms with Crippen molar-refractivity contribution in [2.24, 2.45) is 5.92 Å². The molecule has 2 aromatic heterocycles. The van der Waals surface area contributed by atoms with Crippen molar-refractivity contribution in [1.82, 2.24) is 14.9 Å². The molecule has 0 radical (unpaired) electrons. The molecule has 2 atom stereocenters. The van der Waals surface area contributed by atoms with Gasteiger partial charge >= 0.3 is 6.18 Å². The predicted molar refractivity (Wildman–Crippen MR) is 128 cm³/mol. The van der Waals surface area contributed by atoms with E-state index in [4.69, 9.17) is 0 Å². The second kappa shape index (κ2) is 9.76. The van der Waals surface area contributed by atoms with E-state index in [1.807, 2.05) is 31.2 Å². The van der Waals surface area contributed by atoms with Gasteiger partial charge in [0.05, 0.1) is 28.0 Å². The van der Waals surface area contributed by atoms with E-state index in [-0.39, 0.29) is 18.1 Å². The summed E-state index contributed by atoms with van der Waals surface area (Å²) in [6.07, 6.45) is -4.22. The van der Waals surface area contributed by atoms with Gasteiger partial charge < -0.3 is 10.2 Å². The third-order valence-corrected chi connectivity index (χ3v) is 7.16. The maximum atomic E-state index is 14.6. The molecule has 0 spiro atoms. The number of alkyl halides is 5. The number of nitrogens with zero attached hydrogens (tertiary/aromatic N) is 3. The van der Waals surface area contributed by atoms with Gasteiger partial charge in [-0.1, -0.05) is 36.8 Å². The zero-order valence-electron chi connectivity index (χ0n) is 19.9. The van der Waals surface area contributed by atoms with Crippen LogP contribution in [-0.2, 0) is 6.18 Å². The zero-order chi connectivity index (χ0) is 26.3. The standard InChI is InChI=1S/C25H25F5N4OS/c1-14-5-4-6-17(9-14)22-21(33-16(3)36-22)23(35)34-13-24(26,27)10-15(2)19(34)12-32-20-8-7-18(11-31-20)25(28,29)30/h4-9,11,15,19H,10,12-13H2,1-3H3,(H,31,32).